The summed E-state index contributed by atoms with van der Waals surface area (Å²) < 4.78 is 0. The highest BCUT2D eigenvalue weighted by atomic mass is 15.2. The van der Waals surface area contributed by atoms with Crippen LogP contribution in [0.2, 0.25) is 0 Å². The van der Waals surface area contributed by atoms with Crippen LogP contribution in [-0.2, 0) is 6.54 Å². The van der Waals surface area contributed by atoms with Crippen LogP contribution in [-0.4, -0.2) is 23.6 Å². The SMILES string of the molecule is Cc1cc(CNC(C)C)cnc1N1CCCC2CCCC21. The Balaban J connectivity index is 1.75. The van der Waals surface area contributed by atoms with E-state index in [1.807, 2.05) is 0 Å². The molecule has 0 spiro atoms. The number of nitrogens with one attached hydrogen (secondary N) is 1. The van der Waals surface area contributed by atoms with Gasteiger partial charge >= 0.3 is 0 Å². The van der Waals surface area contributed by atoms with Gasteiger partial charge in [-0.2, -0.15) is 0 Å². The van der Waals surface area contributed by atoms with Gasteiger partial charge in [0.25, 0.3) is 0 Å². The zero-order valence-electron chi connectivity index (χ0n) is 13.7. The maximum Gasteiger partial charge on any atom is 0.131 e. The first kappa shape index (κ1) is 14.8. The number of aryl methyl sites for hydroxylation is 1. The molecule has 1 N–H and O–H groups in total. The molecule has 1 saturated heterocycles. The van der Waals surface area contributed by atoms with E-state index in [0.717, 1.165) is 18.5 Å². The van der Waals surface area contributed by atoms with Crippen molar-refractivity contribution in [2.24, 2.45) is 5.92 Å². The van der Waals surface area contributed by atoms with Crippen LogP contribution in [0.3, 0.4) is 0 Å². The van der Waals surface area contributed by atoms with E-state index in [2.05, 4.69) is 43.3 Å². The third-order valence-electron chi connectivity index (χ3n) is 5.09. The minimum Gasteiger partial charge on any atom is -0.353 e. The molecule has 1 aliphatic carbocycles. The fraction of sp³-hybridized carbons (Fsp3) is 0.722. The zero-order valence-corrected chi connectivity index (χ0v) is 13.7. The molecule has 1 aromatic rings. The van der Waals surface area contributed by atoms with Crippen molar-refractivity contribution < 1.29 is 0 Å². The Morgan fingerprint density at radius 2 is 2.10 bits per heavy atom. The summed E-state index contributed by atoms with van der Waals surface area (Å²) in [6.07, 6.45) is 9.02. The Morgan fingerprint density at radius 3 is 2.86 bits per heavy atom. The van der Waals surface area contributed by atoms with Crippen molar-refractivity contribution in [3.63, 3.8) is 0 Å². The second-order valence-corrected chi connectivity index (χ2v) is 7.11. The van der Waals surface area contributed by atoms with Crippen molar-refractivity contribution in [3.05, 3.63) is 23.4 Å². The Bertz CT molecular complexity index is 483. The van der Waals surface area contributed by atoms with Crippen molar-refractivity contribution in [2.45, 2.75) is 71.5 Å². The number of pyridine rings is 1. The molecule has 2 fully saturated rings. The normalized spacial score (nSPS) is 25.4. The van der Waals surface area contributed by atoms with Gasteiger partial charge in [0, 0.05) is 31.4 Å². The standard InChI is InChI=1S/C18H29N3/c1-13(2)19-11-15-10-14(3)18(20-12-15)21-9-5-7-16-6-4-8-17(16)21/h10,12-13,16-17,19H,4-9,11H2,1-3H3. The Labute approximate surface area is 129 Å². The summed E-state index contributed by atoms with van der Waals surface area (Å²) in [6, 6.07) is 3.59. The molecule has 1 aliphatic heterocycles. The first-order valence-corrected chi connectivity index (χ1v) is 8.60. The highest BCUT2D eigenvalue weighted by molar-refractivity contribution is 5.49. The van der Waals surface area contributed by atoms with Crippen molar-refractivity contribution in [3.8, 4) is 0 Å². The van der Waals surface area contributed by atoms with Crippen molar-refractivity contribution in [2.75, 3.05) is 11.4 Å². The molecular weight excluding hydrogens is 258 g/mol. The number of aromatic nitrogens is 1. The third-order valence-corrected chi connectivity index (χ3v) is 5.09. The maximum absolute atomic E-state index is 4.83. The largest absolute Gasteiger partial charge is 0.353 e. The topological polar surface area (TPSA) is 28.2 Å². The van der Waals surface area contributed by atoms with Crippen LogP contribution < -0.4 is 10.2 Å². The van der Waals surface area contributed by atoms with Crippen molar-refractivity contribution >= 4 is 5.82 Å². The van der Waals surface area contributed by atoms with Gasteiger partial charge in [0.15, 0.2) is 0 Å². The number of rotatable bonds is 4. The highest BCUT2D eigenvalue weighted by Gasteiger charge is 2.35. The first-order valence-electron chi connectivity index (χ1n) is 8.60. The smallest absolute Gasteiger partial charge is 0.131 e. The lowest BCUT2D eigenvalue weighted by Gasteiger charge is -2.39. The quantitative estimate of drug-likeness (QED) is 0.916. The van der Waals surface area contributed by atoms with Gasteiger partial charge in [0.1, 0.15) is 5.82 Å². The fourth-order valence-electron chi connectivity index (χ4n) is 4.06. The summed E-state index contributed by atoms with van der Waals surface area (Å²) in [5.74, 6) is 2.15. The van der Waals surface area contributed by atoms with Crippen LogP contribution in [0.15, 0.2) is 12.3 Å². The maximum atomic E-state index is 4.83. The number of anilines is 1. The molecule has 21 heavy (non-hydrogen) atoms. The molecule has 1 aromatic heterocycles. The lowest BCUT2D eigenvalue weighted by Crippen LogP contribution is -2.43. The number of nitrogens with zero attached hydrogens (tertiary/aromatic N) is 2. The summed E-state index contributed by atoms with van der Waals surface area (Å²) >= 11 is 0. The molecule has 3 nitrogen and oxygen atoms in total. The zero-order chi connectivity index (χ0) is 14.8. The molecule has 2 aliphatic rings. The predicted molar refractivity (Wildman–Crippen MR) is 88.7 cm³/mol. The van der Waals surface area contributed by atoms with E-state index < -0.39 is 0 Å². The van der Waals surface area contributed by atoms with E-state index in [1.165, 1.54) is 55.6 Å². The van der Waals surface area contributed by atoms with Crippen LogP contribution in [0, 0.1) is 12.8 Å². The molecule has 1 saturated carbocycles. The lowest BCUT2D eigenvalue weighted by molar-refractivity contribution is 0.360. The molecule has 2 heterocycles. The van der Waals surface area contributed by atoms with Gasteiger partial charge in [0.05, 0.1) is 0 Å². The molecule has 3 heteroatoms. The predicted octanol–water partition coefficient (Wildman–Crippen LogP) is 3.66. The van der Waals surface area contributed by atoms with E-state index in [4.69, 9.17) is 4.98 Å². The van der Waals surface area contributed by atoms with E-state index >= 15 is 0 Å². The molecule has 2 atom stereocenters. The number of hydrogen-bond acceptors (Lipinski definition) is 3. The molecule has 0 radical (unpaired) electrons. The Hall–Kier alpha value is -1.09. The summed E-state index contributed by atoms with van der Waals surface area (Å²) in [5.41, 5.74) is 2.63. The number of fused-ring (bicyclic) bond motifs is 1. The fourth-order valence-corrected chi connectivity index (χ4v) is 4.06. The minimum absolute atomic E-state index is 0.520. The lowest BCUT2D eigenvalue weighted by atomic mass is 9.91. The summed E-state index contributed by atoms with van der Waals surface area (Å²) in [5, 5.41) is 3.47. The highest BCUT2D eigenvalue weighted by Crippen LogP contribution is 2.39. The van der Waals surface area contributed by atoms with E-state index in [1.54, 1.807) is 0 Å². The van der Waals surface area contributed by atoms with Gasteiger partial charge in [-0.25, -0.2) is 4.98 Å². The van der Waals surface area contributed by atoms with Gasteiger partial charge in [-0.15, -0.1) is 0 Å². The van der Waals surface area contributed by atoms with E-state index in [0.29, 0.717) is 6.04 Å². The molecule has 116 valence electrons. The Morgan fingerprint density at radius 1 is 1.29 bits per heavy atom. The van der Waals surface area contributed by atoms with Crippen LogP contribution in [0.1, 0.15) is 57.1 Å². The average molecular weight is 287 g/mol. The first-order chi connectivity index (χ1) is 10.1. The van der Waals surface area contributed by atoms with Crippen LogP contribution >= 0.6 is 0 Å². The second kappa shape index (κ2) is 6.35. The number of piperidine rings is 1. The molecule has 0 aromatic carbocycles. The van der Waals surface area contributed by atoms with Crippen LogP contribution in [0.25, 0.3) is 0 Å². The van der Waals surface area contributed by atoms with Crippen molar-refractivity contribution in [1.82, 2.24) is 10.3 Å². The van der Waals surface area contributed by atoms with Crippen LogP contribution in [0.4, 0.5) is 5.82 Å². The molecule has 3 rings (SSSR count). The summed E-state index contributed by atoms with van der Waals surface area (Å²) in [6.45, 7) is 8.70. The van der Waals surface area contributed by atoms with Gasteiger partial charge in [-0.3, -0.25) is 0 Å². The molecule has 0 amide bonds. The monoisotopic (exact) mass is 287 g/mol. The van der Waals surface area contributed by atoms with E-state index in [9.17, 15) is 0 Å². The summed E-state index contributed by atoms with van der Waals surface area (Å²) in [7, 11) is 0. The third kappa shape index (κ3) is 3.23. The van der Waals surface area contributed by atoms with Gasteiger partial charge in [0.2, 0.25) is 0 Å². The van der Waals surface area contributed by atoms with Gasteiger partial charge < -0.3 is 10.2 Å². The minimum atomic E-state index is 0.520. The number of hydrogen-bond donors (Lipinski definition) is 1. The second-order valence-electron chi connectivity index (χ2n) is 7.11. The van der Waals surface area contributed by atoms with E-state index in [-0.39, 0.29) is 0 Å². The van der Waals surface area contributed by atoms with Crippen LogP contribution in [0.5, 0.6) is 0 Å². The van der Waals surface area contributed by atoms with Crippen molar-refractivity contribution in [1.29, 1.82) is 0 Å². The molecule has 0 bridgehead atoms. The van der Waals surface area contributed by atoms with Gasteiger partial charge in [-0.1, -0.05) is 20.3 Å². The molecule has 2 unspecified atom stereocenters. The average Bonchev–Trinajstić information content (AvgIpc) is 2.94. The Kier molecular flexibility index (Phi) is 4.48. The summed E-state index contributed by atoms with van der Waals surface area (Å²) in [4.78, 5) is 7.43. The molecular formula is C18H29N3. The van der Waals surface area contributed by atoms with Gasteiger partial charge in [-0.05, 0) is 55.7 Å².